The van der Waals surface area contributed by atoms with Crippen molar-refractivity contribution in [3.8, 4) is 0 Å². The molecule has 2 aromatic carbocycles. The van der Waals surface area contributed by atoms with E-state index in [9.17, 15) is 9.50 Å². The molecule has 0 aromatic heterocycles. The van der Waals surface area contributed by atoms with Gasteiger partial charge in [-0.05, 0) is 42.2 Å². The van der Waals surface area contributed by atoms with Crippen molar-refractivity contribution < 1.29 is 9.50 Å². The molecule has 0 saturated carbocycles. The topological polar surface area (TPSA) is 20.2 Å². The third kappa shape index (κ3) is 2.40. The van der Waals surface area contributed by atoms with E-state index in [0.717, 1.165) is 6.42 Å². The highest BCUT2D eigenvalue weighted by Gasteiger charge is 2.29. The maximum absolute atomic E-state index is 13.6. The summed E-state index contributed by atoms with van der Waals surface area (Å²) in [6, 6.07) is 13.2. The Bertz CT molecular complexity index is 586. The molecule has 0 spiro atoms. The van der Waals surface area contributed by atoms with Crippen molar-refractivity contribution in [1.82, 2.24) is 0 Å². The van der Waals surface area contributed by atoms with Crippen LogP contribution in [0.5, 0.6) is 0 Å². The fourth-order valence-corrected chi connectivity index (χ4v) is 3.73. The zero-order chi connectivity index (χ0) is 13.4. The van der Waals surface area contributed by atoms with Crippen LogP contribution >= 0.6 is 11.8 Å². The van der Waals surface area contributed by atoms with Gasteiger partial charge >= 0.3 is 0 Å². The maximum atomic E-state index is 13.6. The Labute approximate surface area is 116 Å². The predicted molar refractivity (Wildman–Crippen MR) is 75.9 cm³/mol. The van der Waals surface area contributed by atoms with E-state index in [1.54, 1.807) is 24.8 Å². The van der Waals surface area contributed by atoms with Crippen LogP contribution in [0.1, 0.15) is 22.8 Å². The van der Waals surface area contributed by atoms with Crippen molar-refractivity contribution in [2.24, 2.45) is 0 Å². The Hall–Kier alpha value is -1.32. The van der Waals surface area contributed by atoms with Crippen molar-refractivity contribution in [3.63, 3.8) is 0 Å². The van der Waals surface area contributed by atoms with Crippen molar-refractivity contribution >= 4 is 11.8 Å². The van der Waals surface area contributed by atoms with Crippen LogP contribution in [-0.4, -0.2) is 10.4 Å². The van der Waals surface area contributed by atoms with Crippen molar-refractivity contribution in [2.75, 3.05) is 0 Å². The van der Waals surface area contributed by atoms with E-state index in [1.807, 2.05) is 18.2 Å². The molecule has 3 heteroatoms. The molecule has 0 fully saturated rings. The fraction of sp³-hybridized carbons (Fsp3) is 0.250. The zero-order valence-electron chi connectivity index (χ0n) is 10.6. The molecule has 2 unspecified atom stereocenters. The summed E-state index contributed by atoms with van der Waals surface area (Å²) in [4.78, 5) is 1.22. The summed E-state index contributed by atoms with van der Waals surface area (Å²) in [6.07, 6.45) is 0.199. The average molecular weight is 274 g/mol. The second-order valence-corrected chi connectivity index (χ2v) is 6.20. The first kappa shape index (κ1) is 12.7. The number of rotatable bonds is 2. The summed E-state index contributed by atoms with van der Waals surface area (Å²) in [5, 5.41) is 10.5. The summed E-state index contributed by atoms with van der Waals surface area (Å²) in [6.45, 7) is 1.73. The minimum atomic E-state index is -0.632. The normalized spacial score (nSPS) is 19.2. The minimum Gasteiger partial charge on any atom is -0.387 e. The molecule has 1 N–H and O–H groups in total. The van der Waals surface area contributed by atoms with Crippen LogP contribution in [0.4, 0.5) is 4.39 Å². The van der Waals surface area contributed by atoms with Crippen LogP contribution in [0.25, 0.3) is 0 Å². The van der Waals surface area contributed by atoms with Gasteiger partial charge in [-0.15, -0.1) is 11.8 Å². The molecule has 0 aliphatic carbocycles. The number of aryl methyl sites for hydroxylation is 1. The zero-order valence-corrected chi connectivity index (χ0v) is 11.5. The van der Waals surface area contributed by atoms with Gasteiger partial charge in [0.25, 0.3) is 0 Å². The molecule has 0 amide bonds. The lowest BCUT2D eigenvalue weighted by Crippen LogP contribution is -2.14. The van der Waals surface area contributed by atoms with Crippen LogP contribution in [0, 0.1) is 12.7 Å². The maximum Gasteiger partial charge on any atom is 0.126 e. The van der Waals surface area contributed by atoms with Crippen LogP contribution in [-0.2, 0) is 6.42 Å². The number of fused-ring (bicyclic) bond motifs is 1. The third-order valence-corrected chi connectivity index (χ3v) is 4.94. The summed E-state index contributed by atoms with van der Waals surface area (Å²) < 4.78 is 13.6. The number of halogens is 1. The Morgan fingerprint density at radius 2 is 2.05 bits per heavy atom. The molecule has 19 heavy (non-hydrogen) atoms. The van der Waals surface area contributed by atoms with Crippen molar-refractivity contribution in [1.29, 1.82) is 0 Å². The molecule has 3 rings (SSSR count). The highest BCUT2D eigenvalue weighted by molar-refractivity contribution is 8.00. The molecular weight excluding hydrogens is 259 g/mol. The van der Waals surface area contributed by atoms with Gasteiger partial charge in [0.2, 0.25) is 0 Å². The molecule has 0 radical (unpaired) electrons. The van der Waals surface area contributed by atoms with Gasteiger partial charge in [0, 0.05) is 10.1 Å². The standard InChI is InChI=1S/C16H15FOS/c1-10-6-7-12(8-13(10)17)16(18)15-9-11-4-2-3-5-14(11)19-15/h2-8,15-16,18H,9H2,1H3. The van der Waals surface area contributed by atoms with Gasteiger partial charge in [-0.2, -0.15) is 0 Å². The van der Waals surface area contributed by atoms with Gasteiger partial charge in [0.1, 0.15) is 5.82 Å². The van der Waals surface area contributed by atoms with Gasteiger partial charge in [-0.25, -0.2) is 4.39 Å². The minimum absolute atomic E-state index is 0.0690. The van der Waals surface area contributed by atoms with Crippen LogP contribution in [0.2, 0.25) is 0 Å². The molecule has 1 aliphatic heterocycles. The van der Waals surface area contributed by atoms with Crippen LogP contribution in [0.15, 0.2) is 47.4 Å². The monoisotopic (exact) mass is 274 g/mol. The quantitative estimate of drug-likeness (QED) is 0.896. The molecule has 98 valence electrons. The number of hydrogen-bond acceptors (Lipinski definition) is 2. The average Bonchev–Trinajstić information content (AvgIpc) is 2.85. The predicted octanol–water partition coefficient (Wildman–Crippen LogP) is 3.88. The van der Waals surface area contributed by atoms with E-state index in [2.05, 4.69) is 12.1 Å². The molecule has 1 aliphatic rings. The second-order valence-electron chi connectivity index (χ2n) is 4.92. The molecule has 2 atom stereocenters. The first-order valence-corrected chi connectivity index (χ1v) is 7.22. The molecule has 1 heterocycles. The Balaban J connectivity index is 1.82. The smallest absolute Gasteiger partial charge is 0.126 e. The Kier molecular flexibility index (Phi) is 3.33. The van der Waals surface area contributed by atoms with E-state index in [4.69, 9.17) is 0 Å². The summed E-state index contributed by atoms with van der Waals surface area (Å²) in [7, 11) is 0. The lowest BCUT2D eigenvalue weighted by molar-refractivity contribution is 0.174. The Morgan fingerprint density at radius 3 is 2.79 bits per heavy atom. The molecule has 2 aromatic rings. The van der Waals surface area contributed by atoms with Crippen LogP contribution in [0.3, 0.4) is 0 Å². The van der Waals surface area contributed by atoms with Gasteiger partial charge in [-0.3, -0.25) is 0 Å². The van der Waals surface area contributed by atoms with Crippen molar-refractivity contribution in [2.45, 2.75) is 29.6 Å². The first-order chi connectivity index (χ1) is 9.15. The molecule has 1 nitrogen and oxygen atoms in total. The van der Waals surface area contributed by atoms with Gasteiger partial charge in [0.15, 0.2) is 0 Å². The van der Waals surface area contributed by atoms with Gasteiger partial charge in [0.05, 0.1) is 6.10 Å². The number of aliphatic hydroxyl groups excluding tert-OH is 1. The largest absolute Gasteiger partial charge is 0.387 e. The van der Waals surface area contributed by atoms with E-state index in [0.29, 0.717) is 11.1 Å². The van der Waals surface area contributed by atoms with E-state index < -0.39 is 6.10 Å². The summed E-state index contributed by atoms with van der Waals surface area (Å²) in [5.41, 5.74) is 2.54. The second kappa shape index (κ2) is 4.99. The molecular formula is C16H15FOS. The highest BCUT2D eigenvalue weighted by Crippen LogP contribution is 2.42. The molecule has 0 saturated heterocycles. The third-order valence-electron chi connectivity index (χ3n) is 3.56. The Morgan fingerprint density at radius 1 is 1.26 bits per heavy atom. The van der Waals surface area contributed by atoms with Crippen molar-refractivity contribution in [3.05, 3.63) is 65.0 Å². The molecule has 0 bridgehead atoms. The number of aliphatic hydroxyl groups is 1. The highest BCUT2D eigenvalue weighted by atomic mass is 32.2. The van der Waals surface area contributed by atoms with Crippen LogP contribution < -0.4 is 0 Å². The lowest BCUT2D eigenvalue weighted by Gasteiger charge is -2.17. The van der Waals surface area contributed by atoms with E-state index in [-0.39, 0.29) is 11.1 Å². The first-order valence-electron chi connectivity index (χ1n) is 6.34. The SMILES string of the molecule is Cc1ccc(C(O)C2Cc3ccccc3S2)cc1F. The van der Waals surface area contributed by atoms with Gasteiger partial charge in [-0.1, -0.05) is 30.3 Å². The number of hydrogen-bond donors (Lipinski definition) is 1. The van der Waals surface area contributed by atoms with E-state index in [1.165, 1.54) is 16.5 Å². The summed E-state index contributed by atoms with van der Waals surface area (Å²) >= 11 is 1.68. The van der Waals surface area contributed by atoms with Gasteiger partial charge < -0.3 is 5.11 Å². The number of benzene rings is 2. The number of thioether (sulfide) groups is 1. The van der Waals surface area contributed by atoms with E-state index >= 15 is 0 Å². The lowest BCUT2D eigenvalue weighted by atomic mass is 10.00. The summed E-state index contributed by atoms with van der Waals surface area (Å²) in [5.74, 6) is -0.253. The fourth-order valence-electron chi connectivity index (χ4n) is 2.39.